The van der Waals surface area contributed by atoms with Crippen LogP contribution in [0.15, 0.2) is 47.6 Å². The van der Waals surface area contributed by atoms with Gasteiger partial charge in [0.1, 0.15) is 5.88 Å². The maximum atomic E-state index is 12.9. The highest BCUT2D eigenvalue weighted by molar-refractivity contribution is 6.54. The Morgan fingerprint density at radius 3 is 2.61 bits per heavy atom. The van der Waals surface area contributed by atoms with Crippen molar-refractivity contribution in [1.82, 2.24) is 0 Å². The van der Waals surface area contributed by atoms with Crippen LogP contribution in [0.25, 0.3) is 0 Å². The Kier molecular flexibility index (Phi) is 5.62. The quantitative estimate of drug-likeness (QED) is 0.410. The lowest BCUT2D eigenvalue weighted by Gasteiger charge is -2.18. The van der Waals surface area contributed by atoms with Crippen molar-refractivity contribution in [2.24, 2.45) is 5.16 Å². The van der Waals surface area contributed by atoms with E-state index < -0.39 is 29.5 Å². The van der Waals surface area contributed by atoms with Gasteiger partial charge >= 0.3 is 12.1 Å². The largest absolute Gasteiger partial charge is 0.416 e. The molecule has 28 heavy (non-hydrogen) atoms. The van der Waals surface area contributed by atoms with E-state index in [-0.39, 0.29) is 17.8 Å². The zero-order valence-corrected chi connectivity index (χ0v) is 15.5. The molecule has 0 aromatic heterocycles. The van der Waals surface area contributed by atoms with Gasteiger partial charge in [0.25, 0.3) is 5.91 Å². The molecule has 0 N–H and O–H groups in total. The van der Waals surface area contributed by atoms with E-state index in [9.17, 15) is 22.8 Å². The molecule has 2 aromatic carbocycles. The number of halogens is 5. The number of oxime groups is 1. The Bertz CT molecular complexity index is 977. The van der Waals surface area contributed by atoms with Crippen molar-refractivity contribution in [3.63, 3.8) is 0 Å². The predicted molar refractivity (Wildman–Crippen MR) is 97.4 cm³/mol. The van der Waals surface area contributed by atoms with Crippen LogP contribution in [0.1, 0.15) is 16.7 Å². The van der Waals surface area contributed by atoms with Crippen LogP contribution in [0.2, 0.25) is 5.02 Å². The number of amides is 1. The number of benzene rings is 2. The summed E-state index contributed by atoms with van der Waals surface area (Å²) in [5, 5.41) is 3.87. The molecule has 0 bridgehead atoms. The molecule has 1 aliphatic rings. The van der Waals surface area contributed by atoms with E-state index in [0.717, 1.165) is 12.1 Å². The van der Waals surface area contributed by atoms with Crippen LogP contribution in [0, 0.1) is 0 Å². The summed E-state index contributed by atoms with van der Waals surface area (Å²) in [5.41, 5.74) is -0.0664. The fourth-order valence-corrected chi connectivity index (χ4v) is 2.90. The van der Waals surface area contributed by atoms with Crippen molar-refractivity contribution >= 4 is 46.5 Å². The van der Waals surface area contributed by atoms with Crippen LogP contribution < -0.4 is 4.90 Å². The van der Waals surface area contributed by atoms with E-state index in [0.29, 0.717) is 16.3 Å². The van der Waals surface area contributed by atoms with Gasteiger partial charge in [0.15, 0.2) is 5.71 Å². The van der Waals surface area contributed by atoms with Crippen LogP contribution in [-0.2, 0) is 27.1 Å². The number of nitrogens with zero attached hydrogens (tertiary/aromatic N) is 2. The van der Waals surface area contributed by atoms with Gasteiger partial charge in [-0.3, -0.25) is 4.79 Å². The van der Waals surface area contributed by atoms with Gasteiger partial charge in [0.05, 0.1) is 17.8 Å². The molecule has 0 atom stereocenters. The summed E-state index contributed by atoms with van der Waals surface area (Å²) in [4.78, 5) is 29.8. The van der Waals surface area contributed by atoms with Crippen molar-refractivity contribution in [1.29, 1.82) is 0 Å². The number of carbonyl (C=O) groups excluding carboxylic acids is 2. The summed E-state index contributed by atoms with van der Waals surface area (Å²) in [6.45, 7) is -0.139. The third-order valence-electron chi connectivity index (χ3n) is 3.90. The van der Waals surface area contributed by atoms with E-state index in [4.69, 9.17) is 23.2 Å². The van der Waals surface area contributed by atoms with Gasteiger partial charge in [0, 0.05) is 10.6 Å². The van der Waals surface area contributed by atoms with Crippen molar-refractivity contribution in [2.75, 3.05) is 10.8 Å². The number of hydrogen-bond donors (Lipinski definition) is 0. The lowest BCUT2D eigenvalue weighted by atomic mass is 10.1. The van der Waals surface area contributed by atoms with Gasteiger partial charge in [-0.15, -0.1) is 11.6 Å². The first-order valence-electron chi connectivity index (χ1n) is 7.82. The van der Waals surface area contributed by atoms with Crippen molar-refractivity contribution in [2.45, 2.75) is 12.7 Å². The summed E-state index contributed by atoms with van der Waals surface area (Å²) in [6, 6.07) is 9.16. The fraction of sp³-hybridized carbons (Fsp3) is 0.167. The third-order valence-corrected chi connectivity index (χ3v) is 4.35. The molecule has 0 fully saturated rings. The average Bonchev–Trinajstić information content (AvgIpc) is 2.90. The third kappa shape index (κ3) is 4.13. The highest BCUT2D eigenvalue weighted by Crippen LogP contribution is 2.34. The first-order chi connectivity index (χ1) is 13.2. The molecule has 0 unspecified atom stereocenters. The Balaban J connectivity index is 1.97. The normalized spacial score (nSPS) is 15.1. The van der Waals surface area contributed by atoms with Gasteiger partial charge in [-0.25, -0.2) is 4.79 Å². The molecule has 5 nitrogen and oxygen atoms in total. The highest BCUT2D eigenvalue weighted by Gasteiger charge is 2.36. The SMILES string of the molecule is O=C(CCl)ON=C1C(=O)N(Cc2cccc(C(F)(F)F)c2)c2ccc(Cl)cc21. The molecule has 1 heterocycles. The molecule has 0 radical (unpaired) electrons. The van der Waals surface area contributed by atoms with Crippen molar-refractivity contribution in [3.8, 4) is 0 Å². The van der Waals surface area contributed by atoms with E-state index in [2.05, 4.69) is 9.99 Å². The monoisotopic (exact) mass is 430 g/mol. The first kappa shape index (κ1) is 20.2. The van der Waals surface area contributed by atoms with Gasteiger partial charge < -0.3 is 9.74 Å². The summed E-state index contributed by atoms with van der Waals surface area (Å²) in [5.74, 6) is -1.96. The van der Waals surface area contributed by atoms with Crippen LogP contribution in [-0.4, -0.2) is 23.5 Å². The molecule has 10 heteroatoms. The number of anilines is 1. The van der Waals surface area contributed by atoms with E-state index in [1.54, 1.807) is 0 Å². The molecule has 1 amide bonds. The molecule has 3 rings (SSSR count). The van der Waals surface area contributed by atoms with Gasteiger partial charge in [-0.05, 0) is 35.9 Å². The summed E-state index contributed by atoms with van der Waals surface area (Å²) in [7, 11) is 0. The molecule has 2 aromatic rings. The van der Waals surface area contributed by atoms with Crippen LogP contribution in [0.3, 0.4) is 0 Å². The van der Waals surface area contributed by atoms with E-state index >= 15 is 0 Å². The minimum Gasteiger partial charge on any atom is -0.316 e. The lowest BCUT2D eigenvalue weighted by molar-refractivity contribution is -0.140. The zero-order chi connectivity index (χ0) is 20.5. The predicted octanol–water partition coefficient (Wildman–Crippen LogP) is 4.39. The van der Waals surface area contributed by atoms with Gasteiger partial charge in [-0.2, -0.15) is 13.2 Å². The average molecular weight is 431 g/mol. The number of alkyl halides is 4. The molecular weight excluding hydrogens is 420 g/mol. The zero-order valence-electron chi connectivity index (χ0n) is 14.0. The molecule has 0 spiro atoms. The number of carbonyl (C=O) groups is 2. The molecule has 0 saturated carbocycles. The fourth-order valence-electron chi connectivity index (χ4n) is 2.68. The summed E-state index contributed by atoms with van der Waals surface area (Å²) >= 11 is 11.3. The minimum atomic E-state index is -4.50. The Labute approximate surface area is 167 Å². The topological polar surface area (TPSA) is 59.0 Å². The first-order valence-corrected chi connectivity index (χ1v) is 8.73. The molecule has 0 saturated heterocycles. The maximum absolute atomic E-state index is 12.9. The van der Waals surface area contributed by atoms with Crippen LogP contribution >= 0.6 is 23.2 Å². The second-order valence-corrected chi connectivity index (χ2v) is 6.49. The lowest BCUT2D eigenvalue weighted by Crippen LogP contribution is -2.30. The minimum absolute atomic E-state index is 0.139. The number of hydrogen-bond acceptors (Lipinski definition) is 4. The molecule has 0 aliphatic carbocycles. The molecule has 1 aliphatic heterocycles. The number of fused-ring (bicyclic) bond motifs is 1. The Morgan fingerprint density at radius 2 is 1.93 bits per heavy atom. The Hall–Kier alpha value is -2.58. The Morgan fingerprint density at radius 1 is 1.18 bits per heavy atom. The summed E-state index contributed by atoms with van der Waals surface area (Å²) in [6.07, 6.45) is -4.50. The summed E-state index contributed by atoms with van der Waals surface area (Å²) < 4.78 is 38.8. The second kappa shape index (κ2) is 7.81. The number of rotatable bonds is 4. The van der Waals surface area contributed by atoms with Crippen molar-refractivity contribution < 1.29 is 27.6 Å². The maximum Gasteiger partial charge on any atom is 0.416 e. The van der Waals surface area contributed by atoms with E-state index in [1.165, 1.54) is 35.2 Å². The van der Waals surface area contributed by atoms with Crippen LogP contribution in [0.4, 0.5) is 18.9 Å². The van der Waals surface area contributed by atoms with Gasteiger partial charge in [0.2, 0.25) is 0 Å². The smallest absolute Gasteiger partial charge is 0.316 e. The molecular formula is C18H11Cl2F3N2O3. The standard InChI is InChI=1S/C18H11Cl2F3N2O3/c19-8-15(26)28-24-16-13-7-12(20)4-5-14(13)25(17(16)27)9-10-2-1-3-11(6-10)18(21,22)23/h1-7H,8-9H2. The van der Waals surface area contributed by atoms with E-state index in [1.807, 2.05) is 0 Å². The molecule has 146 valence electrons. The second-order valence-electron chi connectivity index (χ2n) is 5.79. The highest BCUT2D eigenvalue weighted by atomic mass is 35.5. The van der Waals surface area contributed by atoms with Gasteiger partial charge in [-0.1, -0.05) is 28.9 Å². The van der Waals surface area contributed by atoms with Crippen molar-refractivity contribution in [3.05, 3.63) is 64.2 Å². The van der Waals surface area contributed by atoms with Crippen LogP contribution in [0.5, 0.6) is 0 Å².